The van der Waals surface area contributed by atoms with E-state index in [4.69, 9.17) is 9.47 Å². The molecular formula is C24H18N2O4S. The van der Waals surface area contributed by atoms with Gasteiger partial charge in [-0.3, -0.25) is 10.1 Å². The van der Waals surface area contributed by atoms with E-state index >= 15 is 0 Å². The van der Waals surface area contributed by atoms with E-state index in [1.165, 1.54) is 11.3 Å². The SMILES string of the molecule is O=C(COC(=O)c1cccc(Oc2ccccc2)c1)Nc1nc(-c2ccccc2)cs1. The quantitative estimate of drug-likeness (QED) is 0.397. The molecule has 0 aliphatic heterocycles. The molecule has 0 radical (unpaired) electrons. The van der Waals surface area contributed by atoms with Gasteiger partial charge in [0.15, 0.2) is 11.7 Å². The second-order valence-electron chi connectivity index (χ2n) is 6.47. The molecule has 0 atom stereocenters. The summed E-state index contributed by atoms with van der Waals surface area (Å²) in [5.74, 6) is 0.0869. The van der Waals surface area contributed by atoms with Crippen LogP contribution in [0.3, 0.4) is 0 Å². The van der Waals surface area contributed by atoms with Gasteiger partial charge in [-0.1, -0.05) is 54.6 Å². The number of hydrogen-bond donors (Lipinski definition) is 1. The Kier molecular flexibility index (Phi) is 6.35. The molecule has 0 saturated heterocycles. The van der Waals surface area contributed by atoms with E-state index in [9.17, 15) is 9.59 Å². The topological polar surface area (TPSA) is 77.5 Å². The average molecular weight is 430 g/mol. The fourth-order valence-corrected chi connectivity index (χ4v) is 3.49. The summed E-state index contributed by atoms with van der Waals surface area (Å²) in [4.78, 5) is 28.9. The van der Waals surface area contributed by atoms with Gasteiger partial charge < -0.3 is 9.47 Å². The van der Waals surface area contributed by atoms with Crippen molar-refractivity contribution < 1.29 is 19.1 Å². The minimum Gasteiger partial charge on any atom is -0.457 e. The number of carbonyl (C=O) groups excluding carboxylic acids is 2. The van der Waals surface area contributed by atoms with Crippen LogP contribution in [0.15, 0.2) is 90.3 Å². The number of para-hydroxylation sites is 1. The van der Waals surface area contributed by atoms with Crippen molar-refractivity contribution in [1.29, 1.82) is 0 Å². The fourth-order valence-electron chi connectivity index (χ4n) is 2.75. The zero-order valence-electron chi connectivity index (χ0n) is 16.4. The zero-order chi connectivity index (χ0) is 21.5. The highest BCUT2D eigenvalue weighted by molar-refractivity contribution is 7.14. The first-order valence-electron chi connectivity index (χ1n) is 9.48. The van der Waals surface area contributed by atoms with Crippen LogP contribution in [0.1, 0.15) is 10.4 Å². The lowest BCUT2D eigenvalue weighted by Crippen LogP contribution is -2.20. The van der Waals surface area contributed by atoms with E-state index < -0.39 is 18.5 Å². The number of nitrogens with one attached hydrogen (secondary N) is 1. The van der Waals surface area contributed by atoms with Crippen LogP contribution in [-0.2, 0) is 9.53 Å². The maximum absolute atomic E-state index is 12.3. The van der Waals surface area contributed by atoms with E-state index in [1.807, 2.05) is 66.0 Å². The van der Waals surface area contributed by atoms with Crippen molar-refractivity contribution in [2.24, 2.45) is 0 Å². The van der Waals surface area contributed by atoms with Gasteiger partial charge >= 0.3 is 5.97 Å². The standard InChI is InChI=1S/C24H18N2O4S/c27-22(26-24-25-21(16-31-24)17-8-3-1-4-9-17)15-29-23(28)18-10-7-13-20(14-18)30-19-11-5-2-6-12-19/h1-14,16H,15H2,(H,25,26,27). The highest BCUT2D eigenvalue weighted by atomic mass is 32.1. The molecule has 4 rings (SSSR count). The normalized spacial score (nSPS) is 10.3. The molecule has 0 aliphatic rings. The number of esters is 1. The number of aromatic nitrogens is 1. The van der Waals surface area contributed by atoms with Gasteiger partial charge in [0.1, 0.15) is 11.5 Å². The molecule has 4 aromatic rings. The molecule has 0 unspecified atom stereocenters. The first-order chi connectivity index (χ1) is 15.2. The third-order valence-electron chi connectivity index (χ3n) is 4.20. The number of ether oxygens (including phenoxy) is 2. The molecule has 154 valence electrons. The Morgan fingerprint density at radius 3 is 2.35 bits per heavy atom. The van der Waals surface area contributed by atoms with E-state index in [1.54, 1.807) is 24.3 Å². The molecule has 3 aromatic carbocycles. The van der Waals surface area contributed by atoms with E-state index in [0.717, 1.165) is 11.3 Å². The number of rotatable bonds is 7. The lowest BCUT2D eigenvalue weighted by molar-refractivity contribution is -0.119. The van der Waals surface area contributed by atoms with Crippen molar-refractivity contribution in [2.75, 3.05) is 11.9 Å². The van der Waals surface area contributed by atoms with Crippen molar-refractivity contribution in [3.63, 3.8) is 0 Å². The van der Waals surface area contributed by atoms with Crippen LogP contribution in [0.4, 0.5) is 5.13 Å². The number of hydrogen-bond acceptors (Lipinski definition) is 6. The number of carbonyl (C=O) groups is 2. The number of anilines is 1. The monoisotopic (exact) mass is 430 g/mol. The van der Waals surface area contributed by atoms with Crippen LogP contribution < -0.4 is 10.1 Å². The molecule has 0 fully saturated rings. The second kappa shape index (κ2) is 9.69. The summed E-state index contributed by atoms with van der Waals surface area (Å²) in [5, 5.41) is 4.95. The Morgan fingerprint density at radius 2 is 1.58 bits per heavy atom. The van der Waals surface area contributed by atoms with Gasteiger partial charge in [0.25, 0.3) is 5.91 Å². The summed E-state index contributed by atoms with van der Waals surface area (Å²) in [7, 11) is 0. The first kappa shape index (κ1) is 20.3. The summed E-state index contributed by atoms with van der Waals surface area (Å²) in [6.07, 6.45) is 0. The van der Waals surface area contributed by atoms with Gasteiger partial charge in [0.2, 0.25) is 0 Å². The minimum absolute atomic E-state index is 0.293. The Labute approximate surface area is 183 Å². The van der Waals surface area contributed by atoms with Crippen LogP contribution in [0.25, 0.3) is 11.3 Å². The van der Waals surface area contributed by atoms with Crippen LogP contribution >= 0.6 is 11.3 Å². The lowest BCUT2D eigenvalue weighted by Gasteiger charge is -2.08. The largest absolute Gasteiger partial charge is 0.457 e. The molecule has 0 saturated carbocycles. The average Bonchev–Trinajstić information content (AvgIpc) is 3.27. The van der Waals surface area contributed by atoms with Gasteiger partial charge in [0, 0.05) is 10.9 Å². The fraction of sp³-hybridized carbons (Fsp3) is 0.0417. The van der Waals surface area contributed by atoms with Crippen LogP contribution in [0.2, 0.25) is 0 Å². The lowest BCUT2D eigenvalue weighted by atomic mass is 10.2. The van der Waals surface area contributed by atoms with Gasteiger partial charge in [0.05, 0.1) is 11.3 Å². The van der Waals surface area contributed by atoms with Gasteiger partial charge in [-0.25, -0.2) is 9.78 Å². The van der Waals surface area contributed by atoms with Crippen molar-refractivity contribution in [2.45, 2.75) is 0 Å². The first-order valence-corrected chi connectivity index (χ1v) is 10.4. The van der Waals surface area contributed by atoms with Crippen LogP contribution in [-0.4, -0.2) is 23.5 Å². The molecule has 1 N–H and O–H groups in total. The molecule has 1 amide bonds. The molecule has 1 aromatic heterocycles. The van der Waals surface area contributed by atoms with E-state index in [2.05, 4.69) is 10.3 Å². The molecule has 0 spiro atoms. The summed E-state index contributed by atoms with van der Waals surface area (Å²) in [6, 6.07) is 25.5. The molecular weight excluding hydrogens is 412 g/mol. The Morgan fingerprint density at radius 1 is 0.871 bits per heavy atom. The van der Waals surface area contributed by atoms with Crippen LogP contribution in [0.5, 0.6) is 11.5 Å². The van der Waals surface area contributed by atoms with Crippen molar-refractivity contribution in [1.82, 2.24) is 4.98 Å². The molecule has 0 aliphatic carbocycles. The van der Waals surface area contributed by atoms with Crippen molar-refractivity contribution in [3.8, 4) is 22.8 Å². The Balaban J connectivity index is 1.31. The molecule has 31 heavy (non-hydrogen) atoms. The van der Waals surface area contributed by atoms with Crippen LogP contribution in [0, 0.1) is 0 Å². The number of thiazole rings is 1. The highest BCUT2D eigenvalue weighted by Gasteiger charge is 2.13. The Hall–Kier alpha value is -3.97. The zero-order valence-corrected chi connectivity index (χ0v) is 17.2. The summed E-state index contributed by atoms with van der Waals surface area (Å²) in [5.41, 5.74) is 2.03. The summed E-state index contributed by atoms with van der Waals surface area (Å²) < 4.78 is 10.8. The van der Waals surface area contributed by atoms with E-state index in [0.29, 0.717) is 22.2 Å². The van der Waals surface area contributed by atoms with Crippen molar-refractivity contribution >= 4 is 28.3 Å². The second-order valence-corrected chi connectivity index (χ2v) is 7.33. The molecule has 6 nitrogen and oxygen atoms in total. The summed E-state index contributed by atoms with van der Waals surface area (Å²) in [6.45, 7) is -0.414. The Bertz CT molecular complexity index is 1180. The third kappa shape index (κ3) is 5.55. The van der Waals surface area contributed by atoms with Gasteiger partial charge in [-0.2, -0.15) is 0 Å². The minimum atomic E-state index is -0.613. The maximum atomic E-state index is 12.3. The van der Waals surface area contributed by atoms with Crippen molar-refractivity contribution in [3.05, 3.63) is 95.9 Å². The molecule has 7 heteroatoms. The smallest absolute Gasteiger partial charge is 0.338 e. The third-order valence-corrected chi connectivity index (χ3v) is 4.96. The highest BCUT2D eigenvalue weighted by Crippen LogP contribution is 2.25. The molecule has 0 bridgehead atoms. The number of nitrogens with zero attached hydrogens (tertiary/aromatic N) is 1. The van der Waals surface area contributed by atoms with Gasteiger partial charge in [-0.15, -0.1) is 11.3 Å². The maximum Gasteiger partial charge on any atom is 0.338 e. The predicted molar refractivity (Wildman–Crippen MR) is 119 cm³/mol. The van der Waals surface area contributed by atoms with Gasteiger partial charge in [-0.05, 0) is 30.3 Å². The number of benzene rings is 3. The summed E-state index contributed by atoms with van der Waals surface area (Å²) >= 11 is 1.31. The predicted octanol–water partition coefficient (Wildman–Crippen LogP) is 5.40. The van der Waals surface area contributed by atoms with E-state index in [-0.39, 0.29) is 0 Å². The molecule has 1 heterocycles. The number of amides is 1.